The van der Waals surface area contributed by atoms with Crippen molar-refractivity contribution in [3.63, 3.8) is 0 Å². The van der Waals surface area contributed by atoms with Crippen molar-refractivity contribution in [2.24, 2.45) is 17.8 Å². The van der Waals surface area contributed by atoms with Crippen LogP contribution < -0.4 is 0 Å². The fourth-order valence-corrected chi connectivity index (χ4v) is 3.51. The Bertz CT molecular complexity index is 214. The molecule has 13 heavy (non-hydrogen) atoms. The first-order valence-electron chi connectivity index (χ1n) is 5.38. The number of hydrogen-bond acceptors (Lipinski definition) is 1. The van der Waals surface area contributed by atoms with Crippen LogP contribution in [0.4, 0.5) is 0 Å². The van der Waals surface area contributed by atoms with Gasteiger partial charge < -0.3 is 0 Å². The molecule has 1 nitrogen and oxygen atoms in total. The zero-order valence-corrected chi connectivity index (χ0v) is 8.89. The third kappa shape index (κ3) is 1.63. The lowest BCUT2D eigenvalue weighted by Gasteiger charge is -2.40. The lowest BCUT2D eigenvalue weighted by Crippen LogP contribution is -2.42. The largest absolute Gasteiger partial charge is 0.298 e. The van der Waals surface area contributed by atoms with Gasteiger partial charge in [0, 0.05) is 5.92 Å². The zero-order valence-electron chi connectivity index (χ0n) is 8.13. The van der Waals surface area contributed by atoms with Gasteiger partial charge >= 0.3 is 0 Å². The number of carbonyl (C=O) groups is 1. The Morgan fingerprint density at radius 1 is 1.31 bits per heavy atom. The molecule has 0 aromatic heterocycles. The van der Waals surface area contributed by atoms with Crippen LogP contribution in [0, 0.1) is 17.8 Å². The molecule has 2 saturated carbocycles. The minimum absolute atomic E-state index is 0.172. The van der Waals surface area contributed by atoms with E-state index in [1.165, 1.54) is 25.7 Å². The number of hydrogen-bond donors (Lipinski definition) is 0. The Morgan fingerprint density at radius 2 is 2.00 bits per heavy atom. The minimum atomic E-state index is -0.172. The molecule has 0 aromatic carbocycles. The number of fused-ring (bicyclic) bond motifs is 1. The number of ketones is 1. The lowest BCUT2D eigenvalue weighted by atomic mass is 9.67. The highest BCUT2D eigenvalue weighted by molar-refractivity contribution is 6.31. The van der Waals surface area contributed by atoms with Gasteiger partial charge in [-0.05, 0) is 24.7 Å². The highest BCUT2D eigenvalue weighted by Crippen LogP contribution is 2.43. The summed E-state index contributed by atoms with van der Waals surface area (Å²) in [6.07, 6.45) is 6.17. The van der Waals surface area contributed by atoms with Crippen molar-refractivity contribution in [1.29, 1.82) is 0 Å². The van der Waals surface area contributed by atoms with Gasteiger partial charge in [0.15, 0.2) is 5.78 Å². The van der Waals surface area contributed by atoms with E-state index in [0.717, 1.165) is 12.3 Å². The molecule has 74 valence electrons. The second-order valence-electron chi connectivity index (χ2n) is 4.65. The normalized spacial score (nSPS) is 45.8. The molecule has 2 fully saturated rings. The van der Waals surface area contributed by atoms with E-state index in [4.69, 9.17) is 11.6 Å². The Morgan fingerprint density at radius 3 is 2.77 bits per heavy atom. The average Bonchev–Trinajstić information content (AvgIpc) is 2.15. The number of halogens is 1. The van der Waals surface area contributed by atoms with Crippen LogP contribution in [0.2, 0.25) is 0 Å². The summed E-state index contributed by atoms with van der Waals surface area (Å²) in [5, 5.41) is -0.172. The second-order valence-corrected chi connectivity index (χ2v) is 5.12. The summed E-state index contributed by atoms with van der Waals surface area (Å²) in [5.41, 5.74) is 0. The molecule has 0 heterocycles. The molecule has 2 rings (SSSR count). The summed E-state index contributed by atoms with van der Waals surface area (Å²) in [6, 6.07) is 0. The number of rotatable bonds is 0. The third-order valence-electron chi connectivity index (χ3n) is 3.76. The second kappa shape index (κ2) is 3.61. The molecule has 0 bridgehead atoms. The molecule has 0 N–H and O–H groups in total. The first-order chi connectivity index (χ1) is 6.20. The Hall–Kier alpha value is -0.0400. The predicted molar refractivity (Wildman–Crippen MR) is 53.9 cm³/mol. The van der Waals surface area contributed by atoms with E-state index in [2.05, 4.69) is 0 Å². The van der Waals surface area contributed by atoms with Crippen molar-refractivity contribution in [2.75, 3.05) is 0 Å². The van der Waals surface area contributed by atoms with Gasteiger partial charge in [-0.15, -0.1) is 11.6 Å². The van der Waals surface area contributed by atoms with Gasteiger partial charge in [-0.25, -0.2) is 0 Å². The molecular weight excluding hydrogens is 184 g/mol. The molecular formula is C11H17ClO. The summed E-state index contributed by atoms with van der Waals surface area (Å²) < 4.78 is 0. The molecule has 0 aliphatic heterocycles. The van der Waals surface area contributed by atoms with Crippen LogP contribution >= 0.6 is 11.6 Å². The topological polar surface area (TPSA) is 17.1 Å². The van der Waals surface area contributed by atoms with E-state index < -0.39 is 0 Å². The predicted octanol–water partition coefficient (Wildman–Crippen LogP) is 3.01. The van der Waals surface area contributed by atoms with Crippen molar-refractivity contribution in [1.82, 2.24) is 0 Å². The van der Waals surface area contributed by atoms with Crippen LogP contribution in [-0.2, 0) is 4.79 Å². The molecule has 0 spiro atoms. The number of carbonyl (C=O) groups excluding carboxylic acids is 1. The Labute approximate surface area is 84.8 Å². The van der Waals surface area contributed by atoms with Crippen LogP contribution in [-0.4, -0.2) is 11.2 Å². The molecule has 0 amide bonds. The highest BCUT2D eigenvalue weighted by atomic mass is 35.5. The first-order valence-corrected chi connectivity index (χ1v) is 5.81. The monoisotopic (exact) mass is 200 g/mol. The summed E-state index contributed by atoms with van der Waals surface area (Å²) in [6.45, 7) is 2.03. The fraction of sp³-hybridized carbons (Fsp3) is 0.909. The molecule has 2 aliphatic carbocycles. The van der Waals surface area contributed by atoms with Gasteiger partial charge in [-0.2, -0.15) is 0 Å². The average molecular weight is 201 g/mol. The Kier molecular flexibility index (Phi) is 2.64. The van der Waals surface area contributed by atoms with E-state index in [0.29, 0.717) is 11.7 Å². The smallest absolute Gasteiger partial charge is 0.153 e. The maximum atomic E-state index is 11.6. The molecule has 4 atom stereocenters. The highest BCUT2D eigenvalue weighted by Gasteiger charge is 2.41. The van der Waals surface area contributed by atoms with Gasteiger partial charge in [0.05, 0.1) is 5.38 Å². The number of Topliss-reactive ketones (excluding diaryl/α,β-unsaturated/α-hetero) is 1. The van der Waals surface area contributed by atoms with E-state index in [1.54, 1.807) is 0 Å². The third-order valence-corrected chi connectivity index (χ3v) is 4.30. The summed E-state index contributed by atoms with van der Waals surface area (Å²) in [4.78, 5) is 11.6. The molecule has 2 aliphatic rings. The summed E-state index contributed by atoms with van der Waals surface area (Å²) >= 11 is 6.19. The maximum absolute atomic E-state index is 11.6. The van der Waals surface area contributed by atoms with Crippen LogP contribution in [0.25, 0.3) is 0 Å². The Balaban J connectivity index is 2.12. The summed E-state index contributed by atoms with van der Waals surface area (Å²) in [7, 11) is 0. The van der Waals surface area contributed by atoms with Crippen LogP contribution in [0.1, 0.15) is 39.0 Å². The van der Waals surface area contributed by atoms with Gasteiger partial charge in [0.25, 0.3) is 0 Å². The van der Waals surface area contributed by atoms with Gasteiger partial charge in [0.1, 0.15) is 0 Å². The van der Waals surface area contributed by atoms with Crippen molar-refractivity contribution >= 4 is 17.4 Å². The van der Waals surface area contributed by atoms with Gasteiger partial charge in [0.2, 0.25) is 0 Å². The standard InChI is InChI=1S/C11H17ClO/c1-7-6-8-4-2-3-5-9(8)10(12)11(7)13/h7-10H,2-6H2,1H3/t7-,8+,9-,10+/m0/s1. The molecule has 0 saturated heterocycles. The van der Waals surface area contributed by atoms with E-state index >= 15 is 0 Å². The van der Waals surface area contributed by atoms with Crippen molar-refractivity contribution in [3.05, 3.63) is 0 Å². The van der Waals surface area contributed by atoms with E-state index in [9.17, 15) is 4.79 Å². The van der Waals surface area contributed by atoms with Crippen molar-refractivity contribution < 1.29 is 4.79 Å². The summed E-state index contributed by atoms with van der Waals surface area (Å²) in [5.74, 6) is 1.75. The van der Waals surface area contributed by atoms with Crippen LogP contribution in [0.3, 0.4) is 0 Å². The van der Waals surface area contributed by atoms with Crippen LogP contribution in [0.5, 0.6) is 0 Å². The molecule has 2 heteroatoms. The van der Waals surface area contributed by atoms with E-state index in [1.807, 2.05) is 6.92 Å². The SMILES string of the molecule is C[C@H]1C[C@H]2CCCC[C@@H]2[C@@H](Cl)C1=O. The maximum Gasteiger partial charge on any atom is 0.153 e. The molecule has 0 radical (unpaired) electrons. The fourth-order valence-electron chi connectivity index (χ4n) is 2.97. The van der Waals surface area contributed by atoms with E-state index in [-0.39, 0.29) is 11.3 Å². The minimum Gasteiger partial charge on any atom is -0.298 e. The van der Waals surface area contributed by atoms with Crippen LogP contribution in [0.15, 0.2) is 0 Å². The van der Waals surface area contributed by atoms with Crippen molar-refractivity contribution in [3.8, 4) is 0 Å². The van der Waals surface area contributed by atoms with Gasteiger partial charge in [-0.3, -0.25) is 4.79 Å². The molecule has 0 unspecified atom stereocenters. The lowest BCUT2D eigenvalue weighted by molar-refractivity contribution is -0.127. The van der Waals surface area contributed by atoms with Crippen molar-refractivity contribution in [2.45, 2.75) is 44.4 Å². The number of alkyl halides is 1. The zero-order chi connectivity index (χ0) is 9.42. The molecule has 0 aromatic rings. The van der Waals surface area contributed by atoms with Gasteiger partial charge in [-0.1, -0.05) is 26.2 Å². The quantitative estimate of drug-likeness (QED) is 0.550. The first kappa shape index (κ1) is 9.51.